The number of aromatic amines is 1. The highest BCUT2D eigenvalue weighted by molar-refractivity contribution is 6.10. The van der Waals surface area contributed by atoms with Crippen molar-refractivity contribution in [3.8, 4) is 11.5 Å². The smallest absolute Gasteiger partial charge is 0.238 e. The number of amides is 1. The number of carbonyl (C=O) groups is 2. The van der Waals surface area contributed by atoms with E-state index in [9.17, 15) is 9.59 Å². The highest BCUT2D eigenvalue weighted by Gasteiger charge is 2.23. The van der Waals surface area contributed by atoms with E-state index in [4.69, 9.17) is 9.47 Å². The molecule has 3 aromatic rings. The molecule has 0 aliphatic rings. The van der Waals surface area contributed by atoms with Crippen LogP contribution in [0, 0.1) is 0 Å². The minimum Gasteiger partial charge on any atom is -0.490 e. The summed E-state index contributed by atoms with van der Waals surface area (Å²) in [5, 5.41) is 3.75. The fourth-order valence-electron chi connectivity index (χ4n) is 3.39. The average molecular weight is 424 g/mol. The fraction of sp³-hybridized carbons (Fsp3) is 0.333. The number of para-hydroxylation sites is 1. The Balaban J connectivity index is 1.64. The Labute approximate surface area is 182 Å². The Morgan fingerprint density at radius 2 is 1.77 bits per heavy atom. The van der Waals surface area contributed by atoms with E-state index in [1.165, 1.54) is 0 Å². The summed E-state index contributed by atoms with van der Waals surface area (Å²) in [5.74, 6) is 0.968. The lowest BCUT2D eigenvalue weighted by molar-refractivity contribution is -0.117. The van der Waals surface area contributed by atoms with Crippen LogP contribution < -0.4 is 14.8 Å². The van der Waals surface area contributed by atoms with Gasteiger partial charge in [0.15, 0.2) is 17.3 Å². The van der Waals surface area contributed by atoms with Crippen LogP contribution in [0.4, 0.5) is 5.69 Å². The van der Waals surface area contributed by atoms with Gasteiger partial charge in [0.05, 0.1) is 25.8 Å². The summed E-state index contributed by atoms with van der Waals surface area (Å²) in [7, 11) is 1.76. The first-order valence-corrected chi connectivity index (χ1v) is 10.4. The molecule has 1 amide bonds. The second-order valence-electron chi connectivity index (χ2n) is 7.28. The number of hydrogen-bond acceptors (Lipinski definition) is 5. The third kappa shape index (κ3) is 5.24. The molecule has 0 aliphatic heterocycles. The minimum absolute atomic E-state index is 0.0348. The van der Waals surface area contributed by atoms with Gasteiger partial charge >= 0.3 is 0 Å². The lowest BCUT2D eigenvalue weighted by atomic mass is 10.0. The van der Waals surface area contributed by atoms with E-state index in [2.05, 4.69) is 10.3 Å². The maximum Gasteiger partial charge on any atom is 0.238 e. The van der Waals surface area contributed by atoms with Gasteiger partial charge in [0, 0.05) is 34.4 Å². The van der Waals surface area contributed by atoms with E-state index in [1.807, 2.05) is 45.0 Å². The van der Waals surface area contributed by atoms with Gasteiger partial charge < -0.3 is 19.8 Å². The number of anilines is 1. The molecule has 1 aromatic heterocycles. The van der Waals surface area contributed by atoms with Gasteiger partial charge in [-0.1, -0.05) is 18.2 Å². The van der Waals surface area contributed by atoms with Crippen LogP contribution in [0.3, 0.4) is 0 Å². The third-order valence-corrected chi connectivity index (χ3v) is 5.12. The number of carbonyl (C=O) groups excluding carboxylic acids is 2. The SMILES string of the molecule is CCOc1ccc(NC(=O)CN(C)C(C)C(=O)c2c[nH]c3ccccc23)cc1OCC. The number of ether oxygens (including phenoxy) is 2. The average Bonchev–Trinajstić information content (AvgIpc) is 3.19. The van der Waals surface area contributed by atoms with Crippen LogP contribution in [0.25, 0.3) is 10.9 Å². The van der Waals surface area contributed by atoms with Crippen LogP contribution in [-0.2, 0) is 4.79 Å². The molecular formula is C24H29N3O4. The van der Waals surface area contributed by atoms with Crippen molar-refractivity contribution < 1.29 is 19.1 Å². The fourth-order valence-corrected chi connectivity index (χ4v) is 3.39. The van der Waals surface area contributed by atoms with Crippen molar-refractivity contribution in [2.75, 3.05) is 32.1 Å². The number of benzene rings is 2. The minimum atomic E-state index is -0.454. The van der Waals surface area contributed by atoms with Gasteiger partial charge in [-0.15, -0.1) is 0 Å². The molecule has 31 heavy (non-hydrogen) atoms. The molecule has 7 heteroatoms. The summed E-state index contributed by atoms with van der Waals surface area (Å²) in [4.78, 5) is 30.4. The number of likely N-dealkylation sites (N-methyl/N-ethyl adjacent to an activating group) is 1. The first-order valence-electron chi connectivity index (χ1n) is 10.4. The van der Waals surface area contributed by atoms with E-state index >= 15 is 0 Å². The maximum atomic E-state index is 13.0. The van der Waals surface area contributed by atoms with E-state index in [0.29, 0.717) is 36.0 Å². The topological polar surface area (TPSA) is 83.7 Å². The molecule has 0 spiro atoms. The number of hydrogen-bond donors (Lipinski definition) is 2. The maximum absolute atomic E-state index is 13.0. The van der Waals surface area contributed by atoms with Gasteiger partial charge in [0.1, 0.15) is 0 Å². The van der Waals surface area contributed by atoms with Crippen molar-refractivity contribution in [2.24, 2.45) is 0 Å². The largest absolute Gasteiger partial charge is 0.490 e. The number of fused-ring (bicyclic) bond motifs is 1. The van der Waals surface area contributed by atoms with Gasteiger partial charge in [-0.2, -0.15) is 0 Å². The predicted molar refractivity (Wildman–Crippen MR) is 122 cm³/mol. The van der Waals surface area contributed by atoms with Crippen LogP contribution in [-0.4, -0.2) is 54.4 Å². The predicted octanol–water partition coefficient (Wildman–Crippen LogP) is 4.11. The number of Topliss-reactive ketones (excluding diaryl/α,β-unsaturated/α-hetero) is 1. The molecule has 1 atom stereocenters. The van der Waals surface area contributed by atoms with Gasteiger partial charge in [0.25, 0.3) is 0 Å². The van der Waals surface area contributed by atoms with Crippen LogP contribution in [0.2, 0.25) is 0 Å². The normalized spacial score (nSPS) is 12.0. The zero-order valence-electron chi connectivity index (χ0n) is 18.4. The monoisotopic (exact) mass is 423 g/mol. The van der Waals surface area contributed by atoms with Gasteiger partial charge in [-0.05, 0) is 46.0 Å². The summed E-state index contributed by atoms with van der Waals surface area (Å²) in [5.41, 5.74) is 2.16. The lowest BCUT2D eigenvalue weighted by Gasteiger charge is -2.23. The molecule has 0 bridgehead atoms. The molecule has 2 N–H and O–H groups in total. The second kappa shape index (κ2) is 10.1. The Morgan fingerprint density at radius 3 is 2.52 bits per heavy atom. The molecule has 164 valence electrons. The van der Waals surface area contributed by atoms with Crippen LogP contribution >= 0.6 is 0 Å². The number of rotatable bonds is 10. The summed E-state index contributed by atoms with van der Waals surface area (Å²) in [6.45, 7) is 6.70. The van der Waals surface area contributed by atoms with Crippen LogP contribution in [0.15, 0.2) is 48.7 Å². The van der Waals surface area contributed by atoms with Gasteiger partial charge in [-0.25, -0.2) is 0 Å². The van der Waals surface area contributed by atoms with E-state index in [0.717, 1.165) is 10.9 Å². The summed E-state index contributed by atoms with van der Waals surface area (Å²) < 4.78 is 11.2. The Kier molecular flexibility index (Phi) is 7.31. The molecule has 1 unspecified atom stereocenters. The zero-order valence-corrected chi connectivity index (χ0v) is 18.4. The van der Waals surface area contributed by atoms with Crippen molar-refractivity contribution in [2.45, 2.75) is 26.8 Å². The van der Waals surface area contributed by atoms with Crippen LogP contribution in [0.1, 0.15) is 31.1 Å². The Morgan fingerprint density at radius 1 is 1.06 bits per heavy atom. The summed E-state index contributed by atoms with van der Waals surface area (Å²) in [6, 6.07) is 12.5. The van der Waals surface area contributed by atoms with Crippen molar-refractivity contribution >= 4 is 28.3 Å². The molecule has 2 aromatic carbocycles. The number of H-pyrrole nitrogens is 1. The first kappa shape index (κ1) is 22.4. The quantitative estimate of drug-likeness (QED) is 0.480. The van der Waals surface area contributed by atoms with Crippen molar-refractivity contribution in [1.29, 1.82) is 0 Å². The molecule has 0 saturated heterocycles. The van der Waals surface area contributed by atoms with Crippen molar-refractivity contribution in [3.05, 3.63) is 54.2 Å². The number of nitrogens with one attached hydrogen (secondary N) is 2. The first-order chi connectivity index (χ1) is 14.9. The van der Waals surface area contributed by atoms with Gasteiger partial charge in [-0.3, -0.25) is 14.5 Å². The van der Waals surface area contributed by atoms with E-state index in [-0.39, 0.29) is 18.2 Å². The third-order valence-electron chi connectivity index (χ3n) is 5.12. The highest BCUT2D eigenvalue weighted by atomic mass is 16.5. The van der Waals surface area contributed by atoms with E-state index in [1.54, 1.807) is 36.3 Å². The standard InChI is InChI=1S/C24H29N3O4/c1-5-30-21-12-11-17(13-22(21)31-6-2)26-23(28)15-27(4)16(3)24(29)19-14-25-20-10-8-7-9-18(19)20/h7-14,16,25H,5-6,15H2,1-4H3,(H,26,28). The van der Waals surface area contributed by atoms with E-state index < -0.39 is 6.04 Å². The Bertz CT molecular complexity index is 1060. The molecular weight excluding hydrogens is 394 g/mol. The highest BCUT2D eigenvalue weighted by Crippen LogP contribution is 2.30. The molecule has 3 rings (SSSR count). The molecule has 1 heterocycles. The zero-order chi connectivity index (χ0) is 22.4. The summed E-state index contributed by atoms with van der Waals surface area (Å²) >= 11 is 0. The lowest BCUT2D eigenvalue weighted by Crippen LogP contribution is -2.40. The molecule has 0 fully saturated rings. The van der Waals surface area contributed by atoms with Gasteiger partial charge in [0.2, 0.25) is 5.91 Å². The van der Waals surface area contributed by atoms with Crippen molar-refractivity contribution in [3.63, 3.8) is 0 Å². The number of aromatic nitrogens is 1. The molecule has 0 saturated carbocycles. The molecule has 0 aliphatic carbocycles. The second-order valence-corrected chi connectivity index (χ2v) is 7.28. The number of nitrogens with zero attached hydrogens (tertiary/aromatic N) is 1. The summed E-state index contributed by atoms with van der Waals surface area (Å²) in [6.07, 6.45) is 1.73. The van der Waals surface area contributed by atoms with Crippen molar-refractivity contribution in [1.82, 2.24) is 9.88 Å². The number of ketones is 1. The molecule has 7 nitrogen and oxygen atoms in total. The van der Waals surface area contributed by atoms with Crippen LogP contribution in [0.5, 0.6) is 11.5 Å². The Hall–Kier alpha value is -3.32. The molecule has 0 radical (unpaired) electrons.